The molecule has 0 amide bonds. The zero-order chi connectivity index (χ0) is 22.9. The van der Waals surface area contributed by atoms with Crippen molar-refractivity contribution in [3.63, 3.8) is 0 Å². The highest BCUT2D eigenvalue weighted by molar-refractivity contribution is 7.93. The molecule has 12 heteroatoms. The van der Waals surface area contributed by atoms with Crippen LogP contribution in [0.4, 0.5) is 18.9 Å². The molecular weight excluding hydrogens is 479 g/mol. The van der Waals surface area contributed by atoms with Crippen LogP contribution < -0.4 is 9.46 Å². The fraction of sp³-hybridized carbons (Fsp3) is 0.0526. The van der Waals surface area contributed by atoms with Crippen molar-refractivity contribution in [1.82, 2.24) is 0 Å². The van der Waals surface area contributed by atoms with Crippen molar-refractivity contribution >= 4 is 37.1 Å². The topological polar surface area (TPSA) is 89.5 Å². The summed E-state index contributed by atoms with van der Waals surface area (Å²) in [6.07, 6.45) is 0. The van der Waals surface area contributed by atoms with E-state index in [2.05, 4.69) is 4.72 Å². The van der Waals surface area contributed by atoms with E-state index < -0.39 is 36.0 Å². The van der Waals surface area contributed by atoms with Crippen LogP contribution in [0.1, 0.15) is 0 Å². The summed E-state index contributed by atoms with van der Waals surface area (Å²) in [5.41, 5.74) is -5.81. The predicted octanol–water partition coefficient (Wildman–Crippen LogP) is 5.23. The van der Waals surface area contributed by atoms with E-state index in [0.29, 0.717) is 17.2 Å². The Hall–Kier alpha value is -2.76. The number of nitrogens with one attached hydrogen (secondary N) is 1. The van der Waals surface area contributed by atoms with Gasteiger partial charge in [-0.25, -0.2) is 16.8 Å². The van der Waals surface area contributed by atoms with Crippen molar-refractivity contribution in [3.05, 3.63) is 77.8 Å². The van der Waals surface area contributed by atoms with Crippen LogP contribution in [0.3, 0.4) is 0 Å². The molecule has 3 aromatic carbocycles. The maximum absolute atomic E-state index is 13.0. The molecule has 0 saturated heterocycles. The molecule has 3 rings (SSSR count). The largest absolute Gasteiger partial charge is 0.501 e. The number of sulfonamides is 1. The van der Waals surface area contributed by atoms with Gasteiger partial charge in [-0.05, 0) is 48.5 Å². The minimum Gasteiger partial charge on any atom is -0.455 e. The first kappa shape index (κ1) is 22.9. The summed E-state index contributed by atoms with van der Waals surface area (Å²) in [5.74, 6) is -0.363. The van der Waals surface area contributed by atoms with Crippen LogP contribution in [0.25, 0.3) is 0 Å². The van der Waals surface area contributed by atoms with E-state index in [0.717, 1.165) is 6.07 Å². The Kier molecular flexibility index (Phi) is 6.21. The molecule has 0 spiro atoms. The van der Waals surface area contributed by atoms with Crippen LogP contribution >= 0.6 is 11.6 Å². The van der Waals surface area contributed by atoms with Gasteiger partial charge in [-0.1, -0.05) is 29.8 Å². The van der Waals surface area contributed by atoms with Crippen molar-refractivity contribution in [3.8, 4) is 11.5 Å². The molecule has 0 aliphatic carbocycles. The summed E-state index contributed by atoms with van der Waals surface area (Å²) in [7, 11) is -9.82. The Morgan fingerprint density at radius 1 is 0.806 bits per heavy atom. The quantitative estimate of drug-likeness (QED) is 0.510. The number of alkyl halides is 3. The number of benzene rings is 3. The molecule has 0 aliphatic rings. The zero-order valence-corrected chi connectivity index (χ0v) is 17.7. The van der Waals surface area contributed by atoms with Crippen LogP contribution in [-0.4, -0.2) is 22.3 Å². The lowest BCUT2D eigenvalue weighted by Gasteiger charge is -2.16. The van der Waals surface area contributed by atoms with E-state index in [1.807, 2.05) is 0 Å². The first-order valence-electron chi connectivity index (χ1n) is 8.37. The van der Waals surface area contributed by atoms with Gasteiger partial charge in [0.2, 0.25) is 0 Å². The first-order chi connectivity index (χ1) is 14.4. The van der Waals surface area contributed by atoms with Crippen LogP contribution in [0, 0.1) is 0 Å². The Bertz CT molecular complexity index is 1290. The van der Waals surface area contributed by atoms with Gasteiger partial charge in [0, 0.05) is 11.1 Å². The van der Waals surface area contributed by atoms with E-state index in [1.54, 1.807) is 6.07 Å². The van der Waals surface area contributed by atoms with E-state index >= 15 is 0 Å². The minimum atomic E-state index is -5.69. The molecule has 6 nitrogen and oxygen atoms in total. The Labute approximate surface area is 181 Å². The molecular formula is C19H13ClF3NO5S2. The van der Waals surface area contributed by atoms with Gasteiger partial charge in [0.05, 0.1) is 15.5 Å². The van der Waals surface area contributed by atoms with Gasteiger partial charge < -0.3 is 4.74 Å². The number of anilines is 1. The third kappa shape index (κ3) is 5.12. The number of ether oxygens (including phenoxy) is 1. The van der Waals surface area contributed by atoms with Crippen molar-refractivity contribution in [2.75, 3.05) is 4.72 Å². The fourth-order valence-electron chi connectivity index (χ4n) is 2.41. The van der Waals surface area contributed by atoms with Gasteiger partial charge in [-0.3, -0.25) is 4.72 Å². The van der Waals surface area contributed by atoms with E-state index in [9.17, 15) is 30.0 Å². The number of hydrogen-bond donors (Lipinski definition) is 1. The fourth-order valence-corrected chi connectivity index (χ4v) is 4.40. The monoisotopic (exact) mass is 491 g/mol. The Balaban J connectivity index is 2.08. The average molecular weight is 492 g/mol. The molecule has 0 fully saturated rings. The third-order valence-corrected chi connectivity index (χ3v) is 7.02. The molecule has 0 aliphatic heterocycles. The normalized spacial score (nSPS) is 12.4. The Morgan fingerprint density at radius 3 is 2.00 bits per heavy atom. The molecule has 0 radical (unpaired) electrons. The molecule has 3 aromatic rings. The lowest BCUT2D eigenvalue weighted by molar-refractivity contribution is -0.0436. The lowest BCUT2D eigenvalue weighted by Crippen LogP contribution is -2.23. The predicted molar refractivity (Wildman–Crippen MR) is 108 cm³/mol. The average Bonchev–Trinajstić information content (AvgIpc) is 2.70. The highest BCUT2D eigenvalue weighted by Gasteiger charge is 2.47. The van der Waals surface area contributed by atoms with Crippen LogP contribution in [0.15, 0.2) is 82.6 Å². The summed E-state index contributed by atoms with van der Waals surface area (Å²) >= 11 is 5.78. The summed E-state index contributed by atoms with van der Waals surface area (Å²) < 4.78 is 95.3. The minimum absolute atomic E-state index is 0.0890. The van der Waals surface area contributed by atoms with Crippen LogP contribution in [0.5, 0.6) is 11.5 Å². The standard InChI is InChI=1S/C19H13ClF3NO5S2/c20-13-6-8-14(9-7-13)29-18-12-16(30(25,26)19(21,22)23)10-11-17(18)24-31(27,28)15-4-2-1-3-5-15/h1-12,24H. The molecule has 0 bridgehead atoms. The molecule has 164 valence electrons. The zero-order valence-electron chi connectivity index (χ0n) is 15.3. The molecule has 0 atom stereocenters. The maximum atomic E-state index is 13.0. The van der Waals surface area contributed by atoms with E-state index in [1.165, 1.54) is 48.5 Å². The van der Waals surface area contributed by atoms with Crippen molar-refractivity contribution in [1.29, 1.82) is 0 Å². The van der Waals surface area contributed by atoms with Gasteiger partial charge in [0.1, 0.15) is 5.75 Å². The second-order valence-corrected chi connectivity index (χ2v) is 10.1. The summed E-state index contributed by atoms with van der Waals surface area (Å²) in [6, 6.07) is 14.9. The highest BCUT2D eigenvalue weighted by atomic mass is 35.5. The summed E-state index contributed by atoms with van der Waals surface area (Å²) in [5, 5.41) is 0.353. The smallest absolute Gasteiger partial charge is 0.455 e. The molecule has 0 heterocycles. The maximum Gasteiger partial charge on any atom is 0.501 e. The molecule has 1 N–H and O–H groups in total. The van der Waals surface area contributed by atoms with E-state index in [4.69, 9.17) is 16.3 Å². The molecule has 0 saturated carbocycles. The van der Waals surface area contributed by atoms with Gasteiger partial charge in [-0.15, -0.1) is 0 Å². The van der Waals surface area contributed by atoms with Gasteiger partial charge in [0.25, 0.3) is 19.9 Å². The lowest BCUT2D eigenvalue weighted by atomic mass is 10.3. The van der Waals surface area contributed by atoms with Gasteiger partial charge in [0.15, 0.2) is 5.75 Å². The number of halogens is 4. The van der Waals surface area contributed by atoms with E-state index in [-0.39, 0.29) is 16.3 Å². The first-order valence-corrected chi connectivity index (χ1v) is 11.7. The third-order valence-electron chi connectivity index (χ3n) is 3.91. The number of rotatable bonds is 6. The SMILES string of the molecule is O=S(=O)(Nc1ccc(S(=O)(=O)C(F)(F)F)cc1Oc1ccc(Cl)cc1)c1ccccc1. The second-order valence-electron chi connectivity index (χ2n) is 6.08. The molecule has 0 aromatic heterocycles. The summed E-state index contributed by atoms with van der Waals surface area (Å²) in [4.78, 5) is -1.22. The number of sulfone groups is 1. The van der Waals surface area contributed by atoms with Crippen molar-refractivity contribution in [2.45, 2.75) is 15.3 Å². The molecule has 31 heavy (non-hydrogen) atoms. The van der Waals surface area contributed by atoms with Gasteiger partial charge in [-0.2, -0.15) is 13.2 Å². The number of hydrogen-bond acceptors (Lipinski definition) is 5. The summed E-state index contributed by atoms with van der Waals surface area (Å²) in [6.45, 7) is 0. The highest BCUT2D eigenvalue weighted by Crippen LogP contribution is 2.37. The van der Waals surface area contributed by atoms with Crippen LogP contribution in [0.2, 0.25) is 5.02 Å². The Morgan fingerprint density at radius 2 is 1.42 bits per heavy atom. The van der Waals surface area contributed by atoms with Crippen molar-refractivity contribution < 1.29 is 34.7 Å². The molecule has 0 unspecified atom stereocenters. The second kappa shape index (κ2) is 8.40. The van der Waals surface area contributed by atoms with Crippen molar-refractivity contribution in [2.24, 2.45) is 0 Å². The van der Waals surface area contributed by atoms with Gasteiger partial charge >= 0.3 is 5.51 Å². The van der Waals surface area contributed by atoms with Crippen LogP contribution in [-0.2, 0) is 19.9 Å².